The average molecular weight is 351 g/mol. The average Bonchev–Trinajstić information content (AvgIpc) is 2.87. The zero-order valence-corrected chi connectivity index (χ0v) is 16.8. The predicted octanol–water partition coefficient (Wildman–Crippen LogP) is 6.61. The summed E-state index contributed by atoms with van der Waals surface area (Å²) in [5.74, 6) is 1.70. The Morgan fingerprint density at radius 1 is 0.923 bits per heavy atom. The van der Waals surface area contributed by atoms with E-state index in [-0.39, 0.29) is 0 Å². The number of unbranched alkanes of at least 4 members (excludes halogenated alkanes) is 2. The van der Waals surface area contributed by atoms with Crippen LogP contribution in [0, 0.1) is 34.6 Å². The van der Waals surface area contributed by atoms with Crippen molar-refractivity contribution in [1.82, 2.24) is 4.98 Å². The van der Waals surface area contributed by atoms with Crippen LogP contribution in [0.3, 0.4) is 0 Å². The van der Waals surface area contributed by atoms with Gasteiger partial charge in [0, 0.05) is 11.8 Å². The minimum absolute atomic E-state index is 0.712. The summed E-state index contributed by atoms with van der Waals surface area (Å²) in [5, 5.41) is 0. The van der Waals surface area contributed by atoms with E-state index < -0.39 is 0 Å². The third-order valence-electron chi connectivity index (χ3n) is 4.84. The minimum Gasteiger partial charge on any atom is -0.490 e. The molecule has 26 heavy (non-hydrogen) atoms. The van der Waals surface area contributed by atoms with Crippen molar-refractivity contribution >= 4 is 11.1 Å². The maximum atomic E-state index is 6.15. The Bertz CT molecular complexity index is 914. The van der Waals surface area contributed by atoms with Crippen molar-refractivity contribution in [2.24, 2.45) is 0 Å². The molecule has 1 aromatic carbocycles. The number of fused-ring (bicyclic) bond motifs is 1. The second-order valence-electron chi connectivity index (χ2n) is 7.30. The smallest absolute Gasteiger partial charge is 0.195 e. The van der Waals surface area contributed by atoms with E-state index in [1.165, 1.54) is 35.1 Å². The van der Waals surface area contributed by atoms with E-state index in [0.29, 0.717) is 6.61 Å². The molecule has 0 aliphatic carbocycles. The summed E-state index contributed by atoms with van der Waals surface area (Å²) in [4.78, 5) is 4.81. The van der Waals surface area contributed by atoms with Crippen LogP contribution in [0.15, 0.2) is 22.6 Å². The molecule has 138 valence electrons. The fourth-order valence-corrected chi connectivity index (χ4v) is 3.78. The van der Waals surface area contributed by atoms with Crippen LogP contribution in [-0.4, -0.2) is 11.6 Å². The third kappa shape index (κ3) is 3.48. The van der Waals surface area contributed by atoms with E-state index in [4.69, 9.17) is 14.1 Å². The molecule has 0 saturated carbocycles. The quantitative estimate of drug-likeness (QED) is 0.469. The monoisotopic (exact) mass is 351 g/mol. The number of hydrogen-bond acceptors (Lipinski definition) is 3. The number of furan rings is 1. The van der Waals surface area contributed by atoms with Gasteiger partial charge in [-0.15, -0.1) is 0 Å². The number of nitrogens with zero attached hydrogens (tertiary/aromatic N) is 1. The lowest BCUT2D eigenvalue weighted by atomic mass is 9.93. The lowest BCUT2D eigenvalue weighted by molar-refractivity contribution is 0.304. The summed E-state index contributed by atoms with van der Waals surface area (Å²) < 4.78 is 12.2. The van der Waals surface area contributed by atoms with Crippen molar-refractivity contribution in [3.8, 4) is 16.9 Å². The van der Waals surface area contributed by atoms with Crippen LogP contribution in [0.5, 0.6) is 5.75 Å². The van der Waals surface area contributed by atoms with Crippen LogP contribution in [-0.2, 0) is 0 Å². The van der Waals surface area contributed by atoms with E-state index in [2.05, 4.69) is 39.8 Å². The molecule has 0 radical (unpaired) electrons. The number of aromatic nitrogens is 1. The highest BCUT2D eigenvalue weighted by atomic mass is 16.5. The zero-order chi connectivity index (χ0) is 18.8. The topological polar surface area (TPSA) is 35.3 Å². The summed E-state index contributed by atoms with van der Waals surface area (Å²) in [6, 6.07) is 6.42. The number of aryl methyl sites for hydroxylation is 5. The first kappa shape index (κ1) is 18.5. The molecule has 0 N–H and O–H groups in total. The number of pyridine rings is 1. The van der Waals surface area contributed by atoms with E-state index >= 15 is 0 Å². The molecule has 0 aliphatic rings. The second-order valence-corrected chi connectivity index (χ2v) is 7.30. The van der Waals surface area contributed by atoms with Gasteiger partial charge >= 0.3 is 0 Å². The molecule has 0 bridgehead atoms. The van der Waals surface area contributed by atoms with Gasteiger partial charge in [0.1, 0.15) is 11.3 Å². The molecule has 0 aliphatic heterocycles. The lowest BCUT2D eigenvalue weighted by Gasteiger charge is -2.11. The zero-order valence-electron chi connectivity index (χ0n) is 16.8. The van der Waals surface area contributed by atoms with Crippen LogP contribution in [0.25, 0.3) is 22.2 Å². The van der Waals surface area contributed by atoms with Crippen molar-refractivity contribution in [3.05, 3.63) is 46.3 Å². The Labute approximate surface area is 156 Å². The first-order valence-corrected chi connectivity index (χ1v) is 9.54. The molecule has 3 nitrogen and oxygen atoms in total. The Morgan fingerprint density at radius 2 is 1.62 bits per heavy atom. The summed E-state index contributed by atoms with van der Waals surface area (Å²) in [5.41, 5.74) is 8.72. The molecule has 3 rings (SSSR count). The summed E-state index contributed by atoms with van der Waals surface area (Å²) in [7, 11) is 0. The molecule has 2 heterocycles. The van der Waals surface area contributed by atoms with E-state index in [9.17, 15) is 0 Å². The second kappa shape index (κ2) is 7.53. The highest BCUT2D eigenvalue weighted by Gasteiger charge is 2.21. The van der Waals surface area contributed by atoms with Crippen molar-refractivity contribution in [2.75, 3.05) is 6.61 Å². The van der Waals surface area contributed by atoms with Gasteiger partial charge in [0.25, 0.3) is 0 Å². The SMILES string of the molecule is CCCCCOc1cc(C)nc2c(-c3c(C)cc(C)cc3C)c(C)oc12. The summed E-state index contributed by atoms with van der Waals surface area (Å²) in [6.07, 6.45) is 3.42. The van der Waals surface area contributed by atoms with Crippen LogP contribution in [0.4, 0.5) is 0 Å². The molecule has 0 saturated heterocycles. The van der Waals surface area contributed by atoms with Crippen molar-refractivity contribution in [3.63, 3.8) is 0 Å². The normalized spacial score (nSPS) is 11.3. The van der Waals surface area contributed by atoms with Crippen LogP contribution in [0.1, 0.15) is 54.3 Å². The van der Waals surface area contributed by atoms with Crippen molar-refractivity contribution in [2.45, 2.75) is 60.8 Å². The molecule has 0 amide bonds. The molecule has 0 atom stereocenters. The Balaban J connectivity index is 2.14. The molecule has 0 fully saturated rings. The van der Waals surface area contributed by atoms with Gasteiger partial charge < -0.3 is 9.15 Å². The third-order valence-corrected chi connectivity index (χ3v) is 4.84. The maximum Gasteiger partial charge on any atom is 0.195 e. The molecular formula is C23H29NO2. The number of hydrogen-bond donors (Lipinski definition) is 0. The van der Waals surface area contributed by atoms with Crippen molar-refractivity contribution in [1.29, 1.82) is 0 Å². The molecule has 0 spiro atoms. The van der Waals surface area contributed by atoms with Crippen LogP contribution in [0.2, 0.25) is 0 Å². The molecule has 3 heteroatoms. The van der Waals surface area contributed by atoms with E-state index in [1.807, 2.05) is 19.9 Å². The van der Waals surface area contributed by atoms with Gasteiger partial charge in [-0.25, -0.2) is 4.98 Å². The number of benzene rings is 1. The van der Waals surface area contributed by atoms with Crippen molar-refractivity contribution < 1.29 is 9.15 Å². The predicted molar refractivity (Wildman–Crippen MR) is 108 cm³/mol. The van der Waals surface area contributed by atoms with Gasteiger partial charge in [-0.2, -0.15) is 0 Å². The summed E-state index contributed by atoms with van der Waals surface area (Å²) >= 11 is 0. The number of ether oxygens (including phenoxy) is 1. The first-order chi connectivity index (χ1) is 12.4. The molecule has 0 unspecified atom stereocenters. The van der Waals surface area contributed by atoms with Gasteiger partial charge in [-0.1, -0.05) is 37.5 Å². The van der Waals surface area contributed by atoms with Gasteiger partial charge in [0.15, 0.2) is 11.3 Å². The Morgan fingerprint density at radius 3 is 2.27 bits per heavy atom. The standard InChI is InChI=1S/C23H29NO2/c1-7-8-9-10-25-19-13-17(5)24-22-21(18(6)26-23(19)22)20-15(3)11-14(2)12-16(20)4/h11-13H,7-10H2,1-6H3. The highest BCUT2D eigenvalue weighted by molar-refractivity contribution is 5.97. The minimum atomic E-state index is 0.712. The van der Waals surface area contributed by atoms with Gasteiger partial charge in [-0.05, 0) is 57.7 Å². The van der Waals surface area contributed by atoms with E-state index in [1.54, 1.807) is 0 Å². The Hall–Kier alpha value is -2.29. The summed E-state index contributed by atoms with van der Waals surface area (Å²) in [6.45, 7) is 13.4. The fraction of sp³-hybridized carbons (Fsp3) is 0.435. The van der Waals surface area contributed by atoms with Gasteiger partial charge in [0.05, 0.1) is 12.2 Å². The molecule has 2 aromatic heterocycles. The lowest BCUT2D eigenvalue weighted by Crippen LogP contribution is -1.99. The largest absolute Gasteiger partial charge is 0.490 e. The fourth-order valence-electron chi connectivity index (χ4n) is 3.78. The first-order valence-electron chi connectivity index (χ1n) is 9.54. The maximum absolute atomic E-state index is 6.15. The van der Waals surface area contributed by atoms with Gasteiger partial charge in [0.2, 0.25) is 0 Å². The van der Waals surface area contributed by atoms with E-state index in [0.717, 1.165) is 40.3 Å². The van der Waals surface area contributed by atoms with Gasteiger partial charge in [-0.3, -0.25) is 0 Å². The Kier molecular flexibility index (Phi) is 5.36. The molecular weight excluding hydrogens is 322 g/mol. The number of rotatable bonds is 6. The highest BCUT2D eigenvalue weighted by Crippen LogP contribution is 2.40. The van der Waals surface area contributed by atoms with Crippen LogP contribution >= 0.6 is 0 Å². The molecule has 3 aromatic rings. The van der Waals surface area contributed by atoms with Crippen LogP contribution < -0.4 is 4.74 Å².